The molecule has 2 N–H and O–H groups in total. The Morgan fingerprint density at radius 1 is 0.976 bits per heavy atom. The minimum absolute atomic E-state index is 0.110. The lowest BCUT2D eigenvalue weighted by molar-refractivity contribution is -0.111. The molecule has 0 saturated carbocycles. The molecule has 1 atom stereocenters. The number of aryl methyl sites for hydroxylation is 1. The van der Waals surface area contributed by atoms with E-state index in [1.165, 1.54) is 0 Å². The van der Waals surface area contributed by atoms with Gasteiger partial charge in [0.25, 0.3) is 11.8 Å². The van der Waals surface area contributed by atoms with Crippen molar-refractivity contribution in [1.82, 2.24) is 15.1 Å². The molecule has 0 radical (unpaired) electrons. The molecule has 0 aliphatic carbocycles. The van der Waals surface area contributed by atoms with Gasteiger partial charge in [-0.2, -0.15) is 0 Å². The number of carbonyl (C=O) groups is 3. The maximum absolute atomic E-state index is 13.4. The molecule has 9 nitrogen and oxygen atoms in total. The molecular weight excluding hydrogens is 518 g/mol. The molecule has 1 unspecified atom stereocenters. The van der Waals surface area contributed by atoms with Crippen molar-refractivity contribution in [3.63, 3.8) is 0 Å². The lowest BCUT2D eigenvalue weighted by Gasteiger charge is -2.37. The number of benzene rings is 3. The van der Waals surface area contributed by atoms with Crippen molar-refractivity contribution in [1.29, 1.82) is 0 Å². The Hall–Kier alpha value is -4.21. The number of carbonyl (C=O) groups excluding carboxylic acids is 3. The number of hydrogen-bond donors (Lipinski definition) is 2. The van der Waals surface area contributed by atoms with Crippen molar-refractivity contribution in [2.75, 3.05) is 57.1 Å². The van der Waals surface area contributed by atoms with Gasteiger partial charge in [-0.1, -0.05) is 24.3 Å². The summed E-state index contributed by atoms with van der Waals surface area (Å²) in [7, 11) is 3.80. The minimum atomic E-state index is -0.202. The van der Waals surface area contributed by atoms with Crippen LogP contribution in [0.5, 0.6) is 5.75 Å². The Kier molecular flexibility index (Phi) is 10.1. The van der Waals surface area contributed by atoms with Crippen molar-refractivity contribution in [3.05, 3.63) is 89.0 Å². The fourth-order valence-electron chi connectivity index (χ4n) is 4.91. The normalized spacial score (nSPS) is 14.6. The summed E-state index contributed by atoms with van der Waals surface area (Å²) in [5.41, 5.74) is 4.35. The van der Waals surface area contributed by atoms with Gasteiger partial charge in [-0.05, 0) is 74.5 Å². The summed E-state index contributed by atoms with van der Waals surface area (Å²) in [5, 5.41) is 5.83. The van der Waals surface area contributed by atoms with Gasteiger partial charge in [-0.25, -0.2) is 0 Å². The molecule has 3 aromatic carbocycles. The predicted molar refractivity (Wildman–Crippen MR) is 162 cm³/mol. The van der Waals surface area contributed by atoms with Crippen LogP contribution in [-0.2, 0) is 4.79 Å². The lowest BCUT2D eigenvalue weighted by atomic mass is 10.0. The topological polar surface area (TPSA) is 94.2 Å². The number of para-hydroxylation sites is 2. The number of hydrogen-bond acceptors (Lipinski definition) is 6. The van der Waals surface area contributed by atoms with E-state index in [1.54, 1.807) is 42.3 Å². The summed E-state index contributed by atoms with van der Waals surface area (Å²) in [6.07, 6.45) is 1.24. The molecule has 3 amide bonds. The van der Waals surface area contributed by atoms with Gasteiger partial charge < -0.3 is 25.2 Å². The fourth-order valence-corrected chi connectivity index (χ4v) is 4.91. The van der Waals surface area contributed by atoms with Gasteiger partial charge >= 0.3 is 0 Å². The van der Waals surface area contributed by atoms with Crippen LogP contribution in [0.25, 0.3) is 0 Å². The minimum Gasteiger partial charge on any atom is -0.491 e. The van der Waals surface area contributed by atoms with Gasteiger partial charge in [-0.3, -0.25) is 19.3 Å². The van der Waals surface area contributed by atoms with Crippen LogP contribution in [0.1, 0.15) is 38.3 Å². The van der Waals surface area contributed by atoms with Crippen molar-refractivity contribution in [2.24, 2.45) is 0 Å². The molecule has 1 aliphatic heterocycles. The lowest BCUT2D eigenvalue weighted by Crippen LogP contribution is -2.54. The molecule has 41 heavy (non-hydrogen) atoms. The summed E-state index contributed by atoms with van der Waals surface area (Å²) >= 11 is 0. The monoisotopic (exact) mass is 557 g/mol. The zero-order chi connectivity index (χ0) is 29.4. The Bertz CT molecular complexity index is 1350. The van der Waals surface area contributed by atoms with Gasteiger partial charge in [0, 0.05) is 56.5 Å². The van der Waals surface area contributed by atoms with Crippen LogP contribution >= 0.6 is 0 Å². The number of nitrogens with zero attached hydrogens (tertiary/aromatic N) is 3. The first-order valence-electron chi connectivity index (χ1n) is 13.9. The third-order valence-corrected chi connectivity index (χ3v) is 7.66. The maximum Gasteiger partial charge on any atom is 0.258 e. The van der Waals surface area contributed by atoms with Crippen LogP contribution in [-0.4, -0.2) is 81.1 Å². The standard InChI is InChI=1S/C32H39N5O4/c1-23-8-7-9-27(24(23)2)31(39)34-26-14-12-25(13-15-26)32(40)36(4)28-10-5-6-11-29(28)41-21-16-30(33-22-38)37-19-17-35(3)18-20-37/h5-15,22,30H,16-21H2,1-4H3,(H,33,38)(H,34,39). The highest BCUT2D eigenvalue weighted by Gasteiger charge is 2.23. The zero-order valence-corrected chi connectivity index (χ0v) is 24.2. The Morgan fingerprint density at radius 2 is 1.68 bits per heavy atom. The van der Waals surface area contributed by atoms with E-state index < -0.39 is 0 Å². The molecule has 3 aromatic rings. The predicted octanol–water partition coefficient (Wildman–Crippen LogP) is 3.92. The Balaban J connectivity index is 1.38. The van der Waals surface area contributed by atoms with Crippen LogP contribution in [0.4, 0.5) is 11.4 Å². The number of nitrogens with one attached hydrogen (secondary N) is 2. The van der Waals surface area contributed by atoms with Crippen LogP contribution < -0.4 is 20.3 Å². The first-order valence-corrected chi connectivity index (χ1v) is 13.9. The van der Waals surface area contributed by atoms with Crippen molar-refractivity contribution in [2.45, 2.75) is 26.4 Å². The largest absolute Gasteiger partial charge is 0.491 e. The highest BCUT2D eigenvalue weighted by atomic mass is 16.5. The van der Waals surface area contributed by atoms with Crippen molar-refractivity contribution in [3.8, 4) is 5.75 Å². The number of ether oxygens (including phenoxy) is 1. The van der Waals surface area contributed by atoms with Crippen molar-refractivity contribution < 1.29 is 19.1 Å². The average molecular weight is 558 g/mol. The second-order valence-corrected chi connectivity index (χ2v) is 10.4. The molecule has 0 bridgehead atoms. The van der Waals surface area contributed by atoms with E-state index in [0.29, 0.717) is 41.3 Å². The summed E-state index contributed by atoms with van der Waals surface area (Å²) in [4.78, 5) is 43.4. The molecule has 9 heteroatoms. The first-order chi connectivity index (χ1) is 19.8. The first kappa shape index (κ1) is 29.8. The molecule has 1 fully saturated rings. The van der Waals surface area contributed by atoms with E-state index in [9.17, 15) is 14.4 Å². The summed E-state index contributed by atoms with van der Waals surface area (Å²) in [5.74, 6) is 0.196. The zero-order valence-electron chi connectivity index (χ0n) is 24.2. The van der Waals surface area contributed by atoms with Gasteiger partial charge in [-0.15, -0.1) is 0 Å². The number of anilines is 2. The van der Waals surface area contributed by atoms with Gasteiger partial charge in [0.15, 0.2) is 0 Å². The smallest absolute Gasteiger partial charge is 0.258 e. The molecule has 1 saturated heterocycles. The maximum atomic E-state index is 13.4. The number of likely N-dealkylation sites (N-methyl/N-ethyl adjacent to an activating group) is 1. The van der Waals surface area contributed by atoms with E-state index in [2.05, 4.69) is 27.5 Å². The van der Waals surface area contributed by atoms with E-state index in [0.717, 1.165) is 43.7 Å². The van der Waals surface area contributed by atoms with Crippen LogP contribution in [0.15, 0.2) is 66.7 Å². The summed E-state index contributed by atoms with van der Waals surface area (Å²) in [6.45, 7) is 7.94. The summed E-state index contributed by atoms with van der Waals surface area (Å²) in [6, 6.07) is 19.9. The quantitative estimate of drug-likeness (QED) is 0.347. The number of rotatable bonds is 11. The molecule has 216 valence electrons. The molecular formula is C32H39N5O4. The van der Waals surface area contributed by atoms with E-state index in [4.69, 9.17) is 4.74 Å². The molecule has 1 heterocycles. The fraction of sp³-hybridized carbons (Fsp3) is 0.344. The molecule has 0 aromatic heterocycles. The van der Waals surface area contributed by atoms with Crippen molar-refractivity contribution >= 4 is 29.6 Å². The third kappa shape index (κ3) is 7.50. The second kappa shape index (κ2) is 13.9. The molecule has 1 aliphatic rings. The van der Waals surface area contributed by atoms with Crippen LogP contribution in [0.2, 0.25) is 0 Å². The van der Waals surface area contributed by atoms with Crippen LogP contribution in [0, 0.1) is 13.8 Å². The SMILES string of the molecule is Cc1cccc(C(=O)Nc2ccc(C(=O)N(C)c3ccccc3OCCC(NC=O)N3CCN(C)CC3)cc2)c1C. The Morgan fingerprint density at radius 3 is 2.39 bits per heavy atom. The van der Waals surface area contributed by atoms with Gasteiger partial charge in [0.05, 0.1) is 18.5 Å². The van der Waals surface area contributed by atoms with Gasteiger partial charge in [0.2, 0.25) is 6.41 Å². The van der Waals surface area contributed by atoms with E-state index >= 15 is 0 Å². The Labute approximate surface area is 242 Å². The third-order valence-electron chi connectivity index (χ3n) is 7.66. The number of piperazine rings is 1. The van der Waals surface area contributed by atoms with E-state index in [1.807, 2.05) is 50.2 Å². The molecule has 0 spiro atoms. The second-order valence-electron chi connectivity index (χ2n) is 10.4. The summed E-state index contributed by atoms with van der Waals surface area (Å²) < 4.78 is 6.12. The number of amides is 3. The molecule has 4 rings (SSSR count). The van der Waals surface area contributed by atoms with E-state index in [-0.39, 0.29) is 18.0 Å². The highest BCUT2D eigenvalue weighted by Crippen LogP contribution is 2.29. The average Bonchev–Trinajstić information content (AvgIpc) is 2.98. The highest BCUT2D eigenvalue weighted by molar-refractivity contribution is 6.08. The van der Waals surface area contributed by atoms with Gasteiger partial charge in [0.1, 0.15) is 5.75 Å². The van der Waals surface area contributed by atoms with Crippen LogP contribution in [0.3, 0.4) is 0 Å².